The van der Waals surface area contributed by atoms with Crippen LogP contribution in [0, 0.1) is 20.8 Å². The standard InChI is InChI=1S/C25H32N2O4/c1-13-15(3)30-20-10-21-18(8-17(13)20)14(2)19(23(29)31-21)9-22(28)26-16-11-24(4,5)27-25(6,7)12-16/h8,10,16,27H,9,11-12H2,1-7H3,(H,26,28). The molecule has 6 heteroatoms. The number of nitrogens with one attached hydrogen (secondary N) is 2. The van der Waals surface area contributed by atoms with Crippen LogP contribution >= 0.6 is 0 Å². The summed E-state index contributed by atoms with van der Waals surface area (Å²) in [6.07, 6.45) is 1.69. The molecule has 0 unspecified atom stereocenters. The second-order valence-corrected chi connectivity index (χ2v) is 10.4. The smallest absolute Gasteiger partial charge is 0.340 e. The maximum Gasteiger partial charge on any atom is 0.340 e. The molecule has 4 rings (SSSR count). The van der Waals surface area contributed by atoms with Crippen molar-refractivity contribution in [3.05, 3.63) is 45.0 Å². The molecular weight excluding hydrogens is 392 g/mol. The van der Waals surface area contributed by atoms with E-state index in [9.17, 15) is 9.59 Å². The van der Waals surface area contributed by atoms with E-state index in [4.69, 9.17) is 8.83 Å². The number of piperidine rings is 1. The first-order valence-electron chi connectivity index (χ1n) is 10.9. The highest BCUT2D eigenvalue weighted by atomic mass is 16.4. The van der Waals surface area contributed by atoms with Gasteiger partial charge in [0, 0.05) is 34.0 Å². The van der Waals surface area contributed by atoms with Crippen molar-refractivity contribution in [1.82, 2.24) is 10.6 Å². The van der Waals surface area contributed by atoms with Gasteiger partial charge >= 0.3 is 5.63 Å². The lowest BCUT2D eigenvalue weighted by molar-refractivity contribution is -0.121. The lowest BCUT2D eigenvalue weighted by Crippen LogP contribution is -2.62. The maximum atomic E-state index is 12.9. The van der Waals surface area contributed by atoms with Crippen LogP contribution in [-0.2, 0) is 11.2 Å². The van der Waals surface area contributed by atoms with Gasteiger partial charge in [-0.2, -0.15) is 0 Å². The number of aryl methyl sites for hydroxylation is 3. The van der Waals surface area contributed by atoms with Crippen molar-refractivity contribution in [2.24, 2.45) is 0 Å². The Kier molecular flexibility index (Phi) is 5.04. The monoisotopic (exact) mass is 424 g/mol. The highest BCUT2D eigenvalue weighted by molar-refractivity contribution is 5.97. The van der Waals surface area contributed by atoms with Crippen molar-refractivity contribution in [3.63, 3.8) is 0 Å². The largest absolute Gasteiger partial charge is 0.461 e. The fraction of sp³-hybridized carbons (Fsp3) is 0.520. The highest BCUT2D eigenvalue weighted by Crippen LogP contribution is 2.31. The normalized spacial score (nSPS) is 18.5. The van der Waals surface area contributed by atoms with Gasteiger partial charge < -0.3 is 19.5 Å². The fourth-order valence-corrected chi connectivity index (χ4v) is 5.29. The molecule has 3 heterocycles. The van der Waals surface area contributed by atoms with Crippen molar-refractivity contribution in [2.75, 3.05) is 0 Å². The number of benzene rings is 1. The van der Waals surface area contributed by atoms with Gasteiger partial charge in [0.05, 0.1) is 12.0 Å². The molecule has 1 aliphatic heterocycles. The third-order valence-electron chi connectivity index (χ3n) is 6.48. The van der Waals surface area contributed by atoms with E-state index in [1.54, 1.807) is 6.07 Å². The molecule has 1 amide bonds. The Morgan fingerprint density at radius 1 is 1.00 bits per heavy atom. The molecule has 6 nitrogen and oxygen atoms in total. The van der Waals surface area contributed by atoms with E-state index in [-0.39, 0.29) is 29.4 Å². The number of carbonyl (C=O) groups excluding carboxylic acids is 1. The molecule has 0 saturated carbocycles. The van der Waals surface area contributed by atoms with Crippen molar-refractivity contribution < 1.29 is 13.6 Å². The molecule has 166 valence electrons. The number of amides is 1. The Labute approximate surface area is 182 Å². The van der Waals surface area contributed by atoms with Gasteiger partial charge in [0.2, 0.25) is 5.91 Å². The summed E-state index contributed by atoms with van der Waals surface area (Å²) in [5.74, 6) is 0.697. The van der Waals surface area contributed by atoms with E-state index in [2.05, 4.69) is 38.3 Å². The van der Waals surface area contributed by atoms with E-state index in [1.807, 2.05) is 26.8 Å². The van der Waals surface area contributed by atoms with Crippen LogP contribution in [0.3, 0.4) is 0 Å². The topological polar surface area (TPSA) is 84.5 Å². The van der Waals surface area contributed by atoms with Crippen LogP contribution in [0.4, 0.5) is 0 Å². The summed E-state index contributed by atoms with van der Waals surface area (Å²) < 4.78 is 11.4. The van der Waals surface area contributed by atoms with E-state index >= 15 is 0 Å². The molecule has 3 aromatic rings. The Morgan fingerprint density at radius 3 is 2.23 bits per heavy atom. The second-order valence-electron chi connectivity index (χ2n) is 10.4. The third-order valence-corrected chi connectivity index (χ3v) is 6.48. The summed E-state index contributed by atoms with van der Waals surface area (Å²) in [7, 11) is 0. The van der Waals surface area contributed by atoms with Crippen LogP contribution in [-0.4, -0.2) is 23.0 Å². The Hall–Kier alpha value is -2.60. The molecule has 0 atom stereocenters. The fourth-order valence-electron chi connectivity index (χ4n) is 5.29. The Bertz CT molecular complexity index is 1230. The summed E-state index contributed by atoms with van der Waals surface area (Å²) >= 11 is 0. The molecule has 1 fully saturated rings. The van der Waals surface area contributed by atoms with E-state index in [0.717, 1.165) is 40.5 Å². The first-order chi connectivity index (χ1) is 14.3. The molecular formula is C25H32N2O4. The van der Waals surface area contributed by atoms with E-state index < -0.39 is 5.63 Å². The zero-order valence-electron chi connectivity index (χ0n) is 19.5. The molecule has 0 bridgehead atoms. The SMILES string of the molecule is Cc1oc2cc3oc(=O)c(CC(=O)NC4CC(C)(C)NC(C)(C)C4)c(C)c3cc2c1C. The van der Waals surface area contributed by atoms with Gasteiger partial charge in [0.25, 0.3) is 0 Å². The van der Waals surface area contributed by atoms with E-state index in [0.29, 0.717) is 16.7 Å². The second kappa shape index (κ2) is 7.23. The van der Waals surface area contributed by atoms with Gasteiger partial charge in [0.15, 0.2) is 0 Å². The maximum absolute atomic E-state index is 12.9. The summed E-state index contributed by atoms with van der Waals surface area (Å²) in [5.41, 5.74) is 2.85. The quantitative estimate of drug-likeness (QED) is 0.608. The summed E-state index contributed by atoms with van der Waals surface area (Å²) in [5, 5.41) is 8.60. The zero-order chi connectivity index (χ0) is 22.7. The van der Waals surface area contributed by atoms with Crippen molar-refractivity contribution >= 4 is 27.8 Å². The first-order valence-corrected chi connectivity index (χ1v) is 10.9. The van der Waals surface area contributed by atoms with Crippen molar-refractivity contribution in [3.8, 4) is 0 Å². The average molecular weight is 425 g/mol. The van der Waals surface area contributed by atoms with Crippen molar-refractivity contribution in [1.29, 1.82) is 0 Å². The van der Waals surface area contributed by atoms with Gasteiger partial charge in [-0.25, -0.2) is 4.79 Å². The Morgan fingerprint density at radius 2 is 1.58 bits per heavy atom. The zero-order valence-corrected chi connectivity index (χ0v) is 19.5. The van der Waals surface area contributed by atoms with Gasteiger partial charge in [-0.3, -0.25) is 4.79 Å². The minimum atomic E-state index is -0.467. The minimum absolute atomic E-state index is 0.0102. The molecule has 1 aromatic carbocycles. The Balaban J connectivity index is 1.63. The highest BCUT2D eigenvalue weighted by Gasteiger charge is 2.38. The molecule has 1 saturated heterocycles. The number of furan rings is 1. The third kappa shape index (κ3) is 4.13. The van der Waals surface area contributed by atoms with Crippen LogP contribution in [0.25, 0.3) is 21.9 Å². The minimum Gasteiger partial charge on any atom is -0.461 e. The molecule has 0 spiro atoms. The van der Waals surface area contributed by atoms with Gasteiger partial charge in [-0.15, -0.1) is 0 Å². The van der Waals surface area contributed by atoms with Gasteiger partial charge in [-0.1, -0.05) is 0 Å². The molecule has 2 N–H and O–H groups in total. The summed E-state index contributed by atoms with van der Waals surface area (Å²) in [4.78, 5) is 25.6. The lowest BCUT2D eigenvalue weighted by atomic mass is 9.79. The molecule has 2 aromatic heterocycles. The molecule has 31 heavy (non-hydrogen) atoms. The molecule has 1 aliphatic rings. The van der Waals surface area contributed by atoms with Crippen LogP contribution in [0.5, 0.6) is 0 Å². The number of fused-ring (bicyclic) bond motifs is 2. The van der Waals surface area contributed by atoms with Crippen LogP contribution in [0.2, 0.25) is 0 Å². The number of rotatable bonds is 3. The molecule has 0 aliphatic carbocycles. The number of hydrogen-bond donors (Lipinski definition) is 2. The van der Waals surface area contributed by atoms with Gasteiger partial charge in [0.1, 0.15) is 16.9 Å². The molecule has 0 radical (unpaired) electrons. The first kappa shape index (κ1) is 21.6. The number of carbonyl (C=O) groups is 1. The summed E-state index contributed by atoms with van der Waals surface area (Å²) in [6.45, 7) is 14.4. The van der Waals surface area contributed by atoms with Crippen LogP contribution < -0.4 is 16.3 Å². The van der Waals surface area contributed by atoms with Crippen LogP contribution in [0.15, 0.2) is 25.8 Å². The predicted octanol–water partition coefficient (Wildman–Crippen LogP) is 4.43. The van der Waals surface area contributed by atoms with Crippen molar-refractivity contribution in [2.45, 2.75) is 84.8 Å². The van der Waals surface area contributed by atoms with E-state index in [1.165, 1.54) is 0 Å². The van der Waals surface area contributed by atoms with Crippen LogP contribution in [0.1, 0.15) is 63.0 Å². The van der Waals surface area contributed by atoms with Gasteiger partial charge in [-0.05, 0) is 78.5 Å². The lowest BCUT2D eigenvalue weighted by Gasteiger charge is -2.46. The predicted molar refractivity (Wildman–Crippen MR) is 123 cm³/mol. The average Bonchev–Trinajstić information content (AvgIpc) is 2.88. The summed E-state index contributed by atoms with van der Waals surface area (Å²) in [6, 6.07) is 3.82. The number of hydrogen-bond acceptors (Lipinski definition) is 5.